The normalized spacial score (nSPS) is 25.1. The fourth-order valence-electron chi connectivity index (χ4n) is 3.75. The summed E-state index contributed by atoms with van der Waals surface area (Å²) in [5, 5.41) is 28.9. The van der Waals surface area contributed by atoms with E-state index in [1.807, 2.05) is 0 Å². The molecule has 1 aliphatic heterocycles. The van der Waals surface area contributed by atoms with E-state index in [9.17, 15) is 10.2 Å². The molecule has 0 spiro atoms. The van der Waals surface area contributed by atoms with Crippen molar-refractivity contribution in [1.29, 1.82) is 0 Å². The number of hydrogen-bond acceptors (Lipinski definition) is 5. The topological polar surface area (TPSA) is 79.2 Å². The maximum absolute atomic E-state index is 10.00. The molecule has 5 nitrogen and oxygen atoms in total. The summed E-state index contributed by atoms with van der Waals surface area (Å²) in [6.07, 6.45) is 19.2. The Hall–Kier alpha value is -0.460. The van der Waals surface area contributed by atoms with Gasteiger partial charge in [0.25, 0.3) is 0 Å². The molecule has 3 N–H and O–H groups in total. The second kappa shape index (κ2) is 18.3. The van der Waals surface area contributed by atoms with Gasteiger partial charge in [0.1, 0.15) is 24.4 Å². The van der Waals surface area contributed by atoms with E-state index in [0.717, 1.165) is 25.7 Å². The average molecular weight is 415 g/mol. The largest absolute Gasteiger partial charge is 0.394 e. The molecule has 4 atom stereocenters. The van der Waals surface area contributed by atoms with Crippen LogP contribution < -0.4 is 0 Å². The van der Waals surface area contributed by atoms with Gasteiger partial charge in [-0.05, 0) is 32.1 Å². The van der Waals surface area contributed by atoms with Gasteiger partial charge in [-0.2, -0.15) is 0 Å². The van der Waals surface area contributed by atoms with Crippen LogP contribution in [0, 0.1) is 0 Å². The Labute approximate surface area is 178 Å². The Morgan fingerprint density at radius 3 is 1.93 bits per heavy atom. The van der Waals surface area contributed by atoms with Crippen LogP contribution in [-0.2, 0) is 9.47 Å². The lowest BCUT2D eigenvalue weighted by Crippen LogP contribution is -2.55. The highest BCUT2D eigenvalue weighted by atomic mass is 16.6. The maximum Gasteiger partial charge on any atom is 0.111 e. The molecule has 0 aromatic rings. The summed E-state index contributed by atoms with van der Waals surface area (Å²) in [4.78, 5) is 0. The van der Waals surface area contributed by atoms with Gasteiger partial charge in [0.05, 0.1) is 13.2 Å². The highest BCUT2D eigenvalue weighted by molar-refractivity contribution is 4.87. The first-order valence-corrected chi connectivity index (χ1v) is 12.1. The fourth-order valence-corrected chi connectivity index (χ4v) is 3.75. The van der Waals surface area contributed by atoms with Gasteiger partial charge in [-0.1, -0.05) is 76.9 Å². The van der Waals surface area contributed by atoms with Gasteiger partial charge in [0.15, 0.2) is 0 Å². The lowest BCUT2D eigenvalue weighted by atomic mass is 10.0. The summed E-state index contributed by atoms with van der Waals surface area (Å²) in [6.45, 7) is 2.75. The van der Waals surface area contributed by atoms with Crippen LogP contribution in [0.4, 0.5) is 0 Å². The molecule has 1 heterocycles. The number of ether oxygens (including phenoxy) is 2. The van der Waals surface area contributed by atoms with Crippen molar-refractivity contribution in [2.24, 2.45) is 0 Å². The molecule has 1 saturated heterocycles. The number of rotatable bonds is 18. The minimum absolute atomic E-state index is 0.213. The quantitative estimate of drug-likeness (QED) is 0.227. The van der Waals surface area contributed by atoms with Crippen molar-refractivity contribution in [3.8, 4) is 0 Å². The maximum atomic E-state index is 10.00. The van der Waals surface area contributed by atoms with Gasteiger partial charge in [-0.15, -0.1) is 0 Å². The van der Waals surface area contributed by atoms with Crippen LogP contribution in [0.1, 0.15) is 96.8 Å². The summed E-state index contributed by atoms with van der Waals surface area (Å²) < 4.78 is 11.0. The summed E-state index contributed by atoms with van der Waals surface area (Å²) >= 11 is 0. The van der Waals surface area contributed by atoms with Crippen molar-refractivity contribution < 1.29 is 24.8 Å². The number of hydrogen-bond donors (Lipinski definition) is 3. The third kappa shape index (κ3) is 12.7. The van der Waals surface area contributed by atoms with Gasteiger partial charge in [-0.25, -0.2) is 0 Å². The van der Waals surface area contributed by atoms with Crippen molar-refractivity contribution in [2.45, 2.75) is 121 Å². The van der Waals surface area contributed by atoms with Crippen LogP contribution in [0.5, 0.6) is 0 Å². The molecule has 0 aromatic heterocycles. The van der Waals surface area contributed by atoms with Gasteiger partial charge in [-0.3, -0.25) is 0 Å². The van der Waals surface area contributed by atoms with Crippen LogP contribution in [0.15, 0.2) is 12.2 Å². The lowest BCUT2D eigenvalue weighted by molar-refractivity contribution is -0.208. The predicted octanol–water partition coefficient (Wildman–Crippen LogP) is 4.52. The first-order valence-electron chi connectivity index (χ1n) is 12.1. The van der Waals surface area contributed by atoms with Crippen LogP contribution in [-0.4, -0.2) is 59.6 Å². The second-order valence-electron chi connectivity index (χ2n) is 8.38. The van der Waals surface area contributed by atoms with Crippen LogP contribution in [0.3, 0.4) is 0 Å². The Kier molecular flexibility index (Phi) is 16.8. The highest BCUT2D eigenvalue weighted by Crippen LogP contribution is 2.18. The zero-order chi connectivity index (χ0) is 21.2. The molecule has 0 unspecified atom stereocenters. The van der Waals surface area contributed by atoms with Gasteiger partial charge < -0.3 is 24.8 Å². The Balaban J connectivity index is 1.85. The molecule has 29 heavy (non-hydrogen) atoms. The molecular formula is C24H46O5. The Morgan fingerprint density at radius 1 is 0.793 bits per heavy atom. The highest BCUT2D eigenvalue weighted by Gasteiger charge is 2.38. The second-order valence-corrected chi connectivity index (χ2v) is 8.38. The molecular weight excluding hydrogens is 368 g/mol. The Bertz CT molecular complexity index is 387. The van der Waals surface area contributed by atoms with E-state index in [1.54, 1.807) is 0 Å². The van der Waals surface area contributed by atoms with Crippen molar-refractivity contribution >= 4 is 0 Å². The molecule has 172 valence electrons. The summed E-state index contributed by atoms with van der Waals surface area (Å²) in [7, 11) is 0. The Morgan fingerprint density at radius 2 is 1.34 bits per heavy atom. The molecule has 0 saturated carbocycles. The smallest absolute Gasteiger partial charge is 0.111 e. The minimum atomic E-state index is -1.09. The summed E-state index contributed by atoms with van der Waals surface area (Å²) in [5.41, 5.74) is 0. The standard InChI is InChI=1S/C24H46O5/c1-2-3-4-5-6-7-8-9-10-11-12-13-14-15-16-17-18-28-22-20-29-21(19-25)23(26)24(22)27/h12-13,21-27H,2-11,14-20H2,1H3/b13-12+/t21-,22+,23-,24-/m1/s1. The van der Waals surface area contributed by atoms with E-state index in [-0.39, 0.29) is 13.2 Å². The van der Waals surface area contributed by atoms with Gasteiger partial charge in [0.2, 0.25) is 0 Å². The molecule has 0 amide bonds. The first kappa shape index (κ1) is 26.6. The van der Waals surface area contributed by atoms with Crippen molar-refractivity contribution in [1.82, 2.24) is 0 Å². The number of aliphatic hydroxyl groups is 3. The minimum Gasteiger partial charge on any atom is -0.394 e. The molecule has 1 rings (SSSR count). The summed E-state index contributed by atoms with van der Waals surface area (Å²) in [5.74, 6) is 0. The summed E-state index contributed by atoms with van der Waals surface area (Å²) in [6, 6.07) is 0. The van der Waals surface area contributed by atoms with E-state index in [2.05, 4.69) is 19.1 Å². The van der Waals surface area contributed by atoms with E-state index in [4.69, 9.17) is 14.6 Å². The zero-order valence-electron chi connectivity index (χ0n) is 18.6. The number of aliphatic hydroxyl groups excluding tert-OH is 3. The van der Waals surface area contributed by atoms with Crippen molar-refractivity contribution in [3.05, 3.63) is 12.2 Å². The van der Waals surface area contributed by atoms with Crippen LogP contribution >= 0.6 is 0 Å². The third-order valence-corrected chi connectivity index (χ3v) is 5.75. The fraction of sp³-hybridized carbons (Fsp3) is 0.917. The SMILES string of the molecule is CCCCCCCCCCC/C=C/CCCCCO[C@H]1CO[C@H](CO)[C@@H](O)[C@@H]1O. The molecule has 0 bridgehead atoms. The van der Waals surface area contributed by atoms with E-state index >= 15 is 0 Å². The van der Waals surface area contributed by atoms with Gasteiger partial charge >= 0.3 is 0 Å². The number of unbranched alkanes of at least 4 members (excludes halogenated alkanes) is 12. The monoisotopic (exact) mass is 414 g/mol. The number of allylic oxidation sites excluding steroid dienone is 2. The van der Waals surface area contributed by atoms with Crippen LogP contribution in [0.2, 0.25) is 0 Å². The molecule has 0 aliphatic carbocycles. The van der Waals surface area contributed by atoms with E-state index < -0.39 is 24.4 Å². The lowest BCUT2D eigenvalue weighted by Gasteiger charge is -2.36. The van der Waals surface area contributed by atoms with Gasteiger partial charge in [0, 0.05) is 6.61 Å². The van der Waals surface area contributed by atoms with E-state index in [0.29, 0.717) is 6.61 Å². The average Bonchev–Trinajstić information content (AvgIpc) is 2.73. The van der Waals surface area contributed by atoms with Crippen LogP contribution in [0.25, 0.3) is 0 Å². The third-order valence-electron chi connectivity index (χ3n) is 5.75. The predicted molar refractivity (Wildman–Crippen MR) is 118 cm³/mol. The molecule has 0 radical (unpaired) electrons. The van der Waals surface area contributed by atoms with E-state index in [1.165, 1.54) is 64.2 Å². The van der Waals surface area contributed by atoms with Crippen molar-refractivity contribution in [3.63, 3.8) is 0 Å². The molecule has 5 heteroatoms. The molecule has 1 fully saturated rings. The first-order chi connectivity index (χ1) is 14.2. The van der Waals surface area contributed by atoms with Crippen molar-refractivity contribution in [2.75, 3.05) is 19.8 Å². The zero-order valence-corrected chi connectivity index (χ0v) is 18.6. The molecule has 1 aliphatic rings. The molecule has 0 aromatic carbocycles.